The molecule has 9 heavy (non-hydrogen) atoms. The van der Waals surface area contributed by atoms with Crippen molar-refractivity contribution >= 4 is 23.2 Å². The lowest BCUT2D eigenvalue weighted by molar-refractivity contribution is 1.17. The fourth-order valence-corrected chi connectivity index (χ4v) is 0.253. The number of aromatic nitrogens is 2. The molecule has 0 radical (unpaired) electrons. The Hall–Kier alpha value is -0.340. The van der Waals surface area contributed by atoms with E-state index >= 15 is 0 Å². The van der Waals surface area contributed by atoms with Crippen LogP contribution in [-0.4, -0.2) is 15.3 Å². The van der Waals surface area contributed by atoms with Gasteiger partial charge in [0.2, 0.25) is 0 Å². The Morgan fingerprint density at radius 3 is 1.67 bits per heavy atom. The molecule has 1 aromatic rings. The van der Waals surface area contributed by atoms with E-state index in [9.17, 15) is 0 Å². The molecule has 0 aromatic carbocycles. The summed E-state index contributed by atoms with van der Waals surface area (Å²) in [7, 11) is 0. The quantitative estimate of drug-likeness (QED) is 0.548. The van der Waals surface area contributed by atoms with E-state index in [2.05, 4.69) is 9.97 Å². The average molecular weight is 165 g/mol. The first-order valence-corrected chi connectivity index (χ1v) is 3.30. The zero-order chi connectivity index (χ0) is 6.95. The first-order valence-electron chi connectivity index (χ1n) is 2.23. The van der Waals surface area contributed by atoms with E-state index in [4.69, 9.17) is 23.2 Å². The van der Waals surface area contributed by atoms with Crippen LogP contribution in [0.25, 0.3) is 0 Å². The normalized spacial score (nSPS) is 7.33. The summed E-state index contributed by atoms with van der Waals surface area (Å²) >= 11 is 9.53. The number of rotatable bonds is 0. The molecule has 2 nitrogen and oxygen atoms in total. The fraction of sp³-hybridized carbons (Fsp3) is 0.200. The fourth-order valence-electron chi connectivity index (χ4n) is 0.253. The third kappa shape index (κ3) is 7.66. The molecule has 0 atom stereocenters. The predicted molar refractivity (Wildman–Crippen MR) is 38.6 cm³/mol. The summed E-state index contributed by atoms with van der Waals surface area (Å²) < 4.78 is 0. The van der Waals surface area contributed by atoms with Crippen molar-refractivity contribution < 1.29 is 0 Å². The van der Waals surface area contributed by atoms with E-state index in [1.807, 2.05) is 0 Å². The van der Waals surface area contributed by atoms with Gasteiger partial charge < -0.3 is 0 Å². The van der Waals surface area contributed by atoms with Crippen molar-refractivity contribution in [2.24, 2.45) is 0 Å². The van der Waals surface area contributed by atoms with E-state index in [-0.39, 0.29) is 5.34 Å². The van der Waals surface area contributed by atoms with Crippen molar-refractivity contribution in [2.75, 3.05) is 5.34 Å². The largest absolute Gasteiger partial charge is 0.245 e. The number of nitrogens with zero attached hydrogens (tertiary/aromatic N) is 2. The minimum Gasteiger partial charge on any atom is -0.245 e. The molecule has 0 aliphatic heterocycles. The SMILES string of the molecule is ClCCl.c1cncnc1. The van der Waals surface area contributed by atoms with Gasteiger partial charge >= 0.3 is 0 Å². The van der Waals surface area contributed by atoms with Gasteiger partial charge in [-0.1, -0.05) is 0 Å². The van der Waals surface area contributed by atoms with Crippen molar-refractivity contribution in [1.29, 1.82) is 0 Å². The Kier molecular flexibility index (Phi) is 7.37. The maximum Gasteiger partial charge on any atom is 0.115 e. The van der Waals surface area contributed by atoms with Crippen molar-refractivity contribution in [3.8, 4) is 0 Å². The van der Waals surface area contributed by atoms with Gasteiger partial charge in [0.15, 0.2) is 0 Å². The molecular formula is C5H6Cl2N2. The van der Waals surface area contributed by atoms with Crippen molar-refractivity contribution in [3.05, 3.63) is 24.8 Å². The molecule has 0 fully saturated rings. The standard InChI is InChI=1S/C4H4N2.CH2Cl2/c1-2-5-4-6-3-1;2-1-3/h1-4H;1H2. The van der Waals surface area contributed by atoms with Crippen LogP contribution in [0.2, 0.25) is 0 Å². The summed E-state index contributed by atoms with van der Waals surface area (Å²) in [5.41, 5.74) is 0. The Labute approximate surface area is 63.8 Å². The lowest BCUT2D eigenvalue weighted by Gasteiger charge is -1.70. The van der Waals surface area contributed by atoms with Crippen molar-refractivity contribution in [1.82, 2.24) is 9.97 Å². The lowest BCUT2D eigenvalue weighted by Crippen LogP contribution is -1.66. The Morgan fingerprint density at radius 2 is 1.56 bits per heavy atom. The van der Waals surface area contributed by atoms with Crippen LogP contribution in [0.4, 0.5) is 0 Å². The summed E-state index contributed by atoms with van der Waals surface area (Å²) in [4.78, 5) is 7.35. The van der Waals surface area contributed by atoms with Crippen molar-refractivity contribution in [2.45, 2.75) is 0 Å². The second-order valence-electron chi connectivity index (χ2n) is 1.01. The van der Waals surface area contributed by atoms with E-state index in [0.717, 1.165) is 0 Å². The molecule has 0 saturated carbocycles. The molecule has 0 aliphatic rings. The summed E-state index contributed by atoms with van der Waals surface area (Å²) in [6.07, 6.45) is 4.88. The molecule has 0 N–H and O–H groups in total. The Balaban J connectivity index is 0.000000187. The van der Waals surface area contributed by atoms with Gasteiger partial charge in [0.1, 0.15) is 6.33 Å². The molecule has 50 valence electrons. The van der Waals surface area contributed by atoms with Gasteiger partial charge in [0.05, 0.1) is 5.34 Å². The van der Waals surface area contributed by atoms with E-state index < -0.39 is 0 Å². The third-order valence-electron chi connectivity index (χ3n) is 0.478. The van der Waals surface area contributed by atoms with Gasteiger partial charge in [-0.05, 0) is 6.07 Å². The van der Waals surface area contributed by atoms with Gasteiger partial charge in [-0.3, -0.25) is 0 Å². The Bertz CT molecular complexity index is 95.8. The molecule has 1 aromatic heterocycles. The summed E-state index contributed by atoms with van der Waals surface area (Å²) in [5, 5.41) is 0.194. The summed E-state index contributed by atoms with van der Waals surface area (Å²) in [6, 6.07) is 1.78. The molecule has 1 heterocycles. The molecular weight excluding hydrogens is 159 g/mol. The lowest BCUT2D eigenvalue weighted by atomic mass is 10.7. The van der Waals surface area contributed by atoms with Crippen LogP contribution >= 0.6 is 23.2 Å². The second-order valence-corrected chi connectivity index (χ2v) is 1.81. The molecule has 0 aliphatic carbocycles. The predicted octanol–water partition coefficient (Wildman–Crippen LogP) is 1.90. The minimum atomic E-state index is 0.194. The molecule has 0 spiro atoms. The highest BCUT2D eigenvalue weighted by Gasteiger charge is 1.59. The van der Waals surface area contributed by atoms with E-state index in [0.29, 0.717) is 0 Å². The van der Waals surface area contributed by atoms with Crippen LogP contribution in [0.15, 0.2) is 24.8 Å². The van der Waals surface area contributed by atoms with Crippen LogP contribution in [0.3, 0.4) is 0 Å². The first-order chi connectivity index (χ1) is 4.41. The molecule has 0 saturated heterocycles. The second kappa shape index (κ2) is 7.66. The topological polar surface area (TPSA) is 25.8 Å². The van der Waals surface area contributed by atoms with Crippen LogP contribution < -0.4 is 0 Å². The first kappa shape index (κ1) is 8.66. The highest BCUT2D eigenvalue weighted by molar-refractivity contribution is 6.40. The zero-order valence-corrected chi connectivity index (χ0v) is 6.18. The van der Waals surface area contributed by atoms with Gasteiger partial charge in [-0.15, -0.1) is 23.2 Å². The van der Waals surface area contributed by atoms with Crippen LogP contribution in [0.5, 0.6) is 0 Å². The number of hydrogen-bond donors (Lipinski definition) is 0. The summed E-state index contributed by atoms with van der Waals surface area (Å²) in [6.45, 7) is 0. The molecule has 0 bridgehead atoms. The smallest absolute Gasteiger partial charge is 0.115 e. The van der Waals surface area contributed by atoms with Crippen molar-refractivity contribution in [3.63, 3.8) is 0 Å². The van der Waals surface area contributed by atoms with E-state index in [1.54, 1.807) is 18.5 Å². The average Bonchev–Trinajstić information content (AvgIpc) is 1.93. The molecule has 0 unspecified atom stereocenters. The van der Waals surface area contributed by atoms with Crippen LogP contribution in [0, 0.1) is 0 Å². The van der Waals surface area contributed by atoms with Crippen LogP contribution in [0.1, 0.15) is 0 Å². The Morgan fingerprint density at radius 1 is 1.11 bits per heavy atom. The number of halogens is 2. The molecule has 1 rings (SSSR count). The van der Waals surface area contributed by atoms with Gasteiger partial charge in [0, 0.05) is 12.4 Å². The highest BCUT2D eigenvalue weighted by atomic mass is 35.5. The highest BCUT2D eigenvalue weighted by Crippen LogP contribution is 1.73. The van der Waals surface area contributed by atoms with Crippen LogP contribution in [-0.2, 0) is 0 Å². The van der Waals surface area contributed by atoms with Gasteiger partial charge in [0.25, 0.3) is 0 Å². The molecule has 4 heteroatoms. The maximum absolute atomic E-state index is 4.76. The zero-order valence-electron chi connectivity index (χ0n) is 4.67. The molecule has 0 amide bonds. The summed E-state index contributed by atoms with van der Waals surface area (Å²) in [5.74, 6) is 0. The number of alkyl halides is 2. The van der Waals surface area contributed by atoms with Gasteiger partial charge in [-0.25, -0.2) is 9.97 Å². The number of hydrogen-bond acceptors (Lipinski definition) is 2. The maximum atomic E-state index is 4.76. The van der Waals surface area contributed by atoms with Gasteiger partial charge in [-0.2, -0.15) is 0 Å². The van der Waals surface area contributed by atoms with E-state index in [1.165, 1.54) is 6.33 Å². The minimum absolute atomic E-state index is 0.194. The third-order valence-corrected chi connectivity index (χ3v) is 0.478. The monoisotopic (exact) mass is 164 g/mol.